The lowest BCUT2D eigenvalue weighted by molar-refractivity contribution is -0.121. The van der Waals surface area contributed by atoms with Crippen molar-refractivity contribution < 1.29 is 4.79 Å². The molecule has 0 aliphatic heterocycles. The molecule has 0 spiro atoms. The van der Waals surface area contributed by atoms with E-state index in [9.17, 15) is 4.79 Å². The first-order valence-corrected chi connectivity index (χ1v) is 7.99. The zero-order chi connectivity index (χ0) is 14.3. The minimum absolute atomic E-state index is 0.178. The van der Waals surface area contributed by atoms with Crippen molar-refractivity contribution in [3.63, 3.8) is 0 Å². The van der Waals surface area contributed by atoms with Crippen LogP contribution in [0.4, 0.5) is 0 Å². The highest BCUT2D eigenvalue weighted by Gasteiger charge is 2.23. The number of hydrogen-bond acceptors (Lipinski definition) is 2. The number of amides is 1. The van der Waals surface area contributed by atoms with E-state index in [4.69, 9.17) is 0 Å². The van der Waals surface area contributed by atoms with Crippen molar-refractivity contribution in [3.8, 4) is 0 Å². The summed E-state index contributed by atoms with van der Waals surface area (Å²) in [5.41, 5.74) is 0. The van der Waals surface area contributed by atoms with Crippen molar-refractivity contribution >= 4 is 5.91 Å². The largest absolute Gasteiger partial charge is 0.356 e. The summed E-state index contributed by atoms with van der Waals surface area (Å²) in [5.74, 6) is 2.36. The first kappa shape index (κ1) is 16.5. The van der Waals surface area contributed by atoms with Gasteiger partial charge in [0.15, 0.2) is 0 Å². The van der Waals surface area contributed by atoms with Crippen molar-refractivity contribution in [1.82, 2.24) is 10.6 Å². The highest BCUT2D eigenvalue weighted by atomic mass is 16.1. The molecular weight excluding hydrogens is 236 g/mol. The topological polar surface area (TPSA) is 41.1 Å². The van der Waals surface area contributed by atoms with Crippen LogP contribution in [0.1, 0.15) is 59.8 Å². The molecule has 0 aromatic rings. The predicted octanol–water partition coefficient (Wildman–Crippen LogP) is 2.95. The molecule has 0 radical (unpaired) electrons. The Bertz CT molecular complexity index is 263. The molecule has 1 amide bonds. The van der Waals surface area contributed by atoms with Crippen molar-refractivity contribution in [1.29, 1.82) is 0 Å². The molecule has 1 aliphatic carbocycles. The standard InChI is InChI=1S/C16H32N2O/c1-12(2)11-18-16(19)8-9-17-15-7-5-6-14(10-15)13(3)4/h12-15,17H,5-11H2,1-4H3,(H,18,19). The summed E-state index contributed by atoms with van der Waals surface area (Å²) < 4.78 is 0. The molecule has 0 bridgehead atoms. The Morgan fingerprint density at radius 3 is 2.58 bits per heavy atom. The molecule has 112 valence electrons. The average molecular weight is 268 g/mol. The van der Waals surface area contributed by atoms with Gasteiger partial charge in [-0.05, 0) is 30.6 Å². The number of rotatable bonds is 7. The van der Waals surface area contributed by atoms with Gasteiger partial charge in [0.2, 0.25) is 5.91 Å². The van der Waals surface area contributed by atoms with Crippen LogP contribution in [0.15, 0.2) is 0 Å². The van der Waals surface area contributed by atoms with Crippen molar-refractivity contribution in [2.75, 3.05) is 13.1 Å². The minimum Gasteiger partial charge on any atom is -0.356 e. The van der Waals surface area contributed by atoms with E-state index in [1.807, 2.05) is 0 Å². The Morgan fingerprint density at radius 2 is 1.95 bits per heavy atom. The van der Waals surface area contributed by atoms with Gasteiger partial charge in [0.1, 0.15) is 0 Å². The molecule has 0 saturated heterocycles. The van der Waals surface area contributed by atoms with Crippen LogP contribution in [0.5, 0.6) is 0 Å². The first-order valence-electron chi connectivity index (χ1n) is 7.99. The predicted molar refractivity (Wildman–Crippen MR) is 81.1 cm³/mol. The van der Waals surface area contributed by atoms with Gasteiger partial charge in [0.05, 0.1) is 0 Å². The Kier molecular flexibility index (Phi) is 7.44. The highest BCUT2D eigenvalue weighted by Crippen LogP contribution is 2.29. The number of carbonyl (C=O) groups is 1. The maximum absolute atomic E-state index is 11.6. The monoisotopic (exact) mass is 268 g/mol. The van der Waals surface area contributed by atoms with Gasteiger partial charge in [-0.25, -0.2) is 0 Å². The van der Waals surface area contributed by atoms with Crippen molar-refractivity contribution in [2.45, 2.75) is 65.8 Å². The van der Waals surface area contributed by atoms with Crippen LogP contribution in [0.3, 0.4) is 0 Å². The summed E-state index contributed by atoms with van der Waals surface area (Å²) in [6.45, 7) is 10.5. The van der Waals surface area contributed by atoms with Crippen LogP contribution in [0.2, 0.25) is 0 Å². The van der Waals surface area contributed by atoms with Crippen molar-refractivity contribution in [2.24, 2.45) is 17.8 Å². The van der Waals surface area contributed by atoms with E-state index in [1.54, 1.807) is 0 Å². The van der Waals surface area contributed by atoms with E-state index in [2.05, 4.69) is 38.3 Å². The highest BCUT2D eigenvalue weighted by molar-refractivity contribution is 5.76. The zero-order valence-electron chi connectivity index (χ0n) is 13.2. The third kappa shape index (κ3) is 6.95. The van der Waals surface area contributed by atoms with Gasteiger partial charge in [0.25, 0.3) is 0 Å². The van der Waals surface area contributed by atoms with Gasteiger partial charge in [-0.15, -0.1) is 0 Å². The fraction of sp³-hybridized carbons (Fsp3) is 0.938. The molecule has 19 heavy (non-hydrogen) atoms. The molecule has 2 unspecified atom stereocenters. The van der Waals surface area contributed by atoms with Crippen LogP contribution in [0.25, 0.3) is 0 Å². The normalized spacial score (nSPS) is 23.9. The molecule has 3 nitrogen and oxygen atoms in total. The quantitative estimate of drug-likeness (QED) is 0.745. The summed E-state index contributed by atoms with van der Waals surface area (Å²) in [6, 6.07) is 0.624. The molecule has 3 heteroatoms. The van der Waals surface area contributed by atoms with Gasteiger partial charge in [-0.1, -0.05) is 40.5 Å². The summed E-state index contributed by atoms with van der Waals surface area (Å²) in [7, 11) is 0. The number of carbonyl (C=O) groups excluding carboxylic acids is 1. The molecule has 1 rings (SSSR count). The van der Waals surface area contributed by atoms with E-state index in [0.29, 0.717) is 18.4 Å². The fourth-order valence-electron chi connectivity index (χ4n) is 2.81. The molecule has 2 atom stereocenters. The van der Waals surface area contributed by atoms with Gasteiger partial charge in [-0.3, -0.25) is 4.79 Å². The van der Waals surface area contributed by atoms with Crippen LogP contribution in [-0.2, 0) is 4.79 Å². The van der Waals surface area contributed by atoms with Crippen LogP contribution in [0, 0.1) is 17.8 Å². The Hall–Kier alpha value is -0.570. The third-order valence-electron chi connectivity index (χ3n) is 4.15. The van der Waals surface area contributed by atoms with E-state index in [-0.39, 0.29) is 5.91 Å². The van der Waals surface area contributed by atoms with E-state index < -0.39 is 0 Å². The lowest BCUT2D eigenvalue weighted by atomic mass is 9.79. The van der Waals surface area contributed by atoms with Gasteiger partial charge >= 0.3 is 0 Å². The summed E-state index contributed by atoms with van der Waals surface area (Å²) in [6.07, 6.45) is 5.88. The van der Waals surface area contributed by atoms with Crippen LogP contribution < -0.4 is 10.6 Å². The summed E-state index contributed by atoms with van der Waals surface area (Å²) in [4.78, 5) is 11.6. The average Bonchev–Trinajstić information content (AvgIpc) is 2.36. The van der Waals surface area contributed by atoms with Gasteiger partial charge < -0.3 is 10.6 Å². The maximum Gasteiger partial charge on any atom is 0.221 e. The van der Waals surface area contributed by atoms with Crippen LogP contribution >= 0.6 is 0 Å². The lowest BCUT2D eigenvalue weighted by Crippen LogP contribution is -2.38. The van der Waals surface area contributed by atoms with E-state index in [0.717, 1.165) is 24.9 Å². The molecule has 0 heterocycles. The van der Waals surface area contributed by atoms with Crippen molar-refractivity contribution in [3.05, 3.63) is 0 Å². The Morgan fingerprint density at radius 1 is 1.21 bits per heavy atom. The third-order valence-corrected chi connectivity index (χ3v) is 4.15. The fourth-order valence-corrected chi connectivity index (χ4v) is 2.81. The van der Waals surface area contributed by atoms with Crippen LogP contribution in [-0.4, -0.2) is 25.0 Å². The maximum atomic E-state index is 11.6. The lowest BCUT2D eigenvalue weighted by Gasteiger charge is -2.32. The molecule has 1 saturated carbocycles. The second kappa shape index (κ2) is 8.57. The van der Waals surface area contributed by atoms with E-state index in [1.165, 1.54) is 25.7 Å². The Labute approximate surface area is 118 Å². The molecule has 1 aliphatic rings. The first-order chi connectivity index (χ1) is 8.99. The second-order valence-electron chi connectivity index (χ2n) is 6.77. The molecule has 0 aromatic heterocycles. The Balaban J connectivity index is 2.13. The molecule has 0 aromatic carbocycles. The minimum atomic E-state index is 0.178. The second-order valence-corrected chi connectivity index (χ2v) is 6.77. The number of hydrogen-bond donors (Lipinski definition) is 2. The summed E-state index contributed by atoms with van der Waals surface area (Å²) in [5, 5.41) is 6.53. The SMILES string of the molecule is CC(C)CNC(=O)CCNC1CCCC(C(C)C)C1. The number of nitrogens with one attached hydrogen (secondary N) is 2. The molecular formula is C16H32N2O. The molecule has 2 N–H and O–H groups in total. The summed E-state index contributed by atoms with van der Waals surface area (Å²) >= 11 is 0. The molecule has 1 fully saturated rings. The zero-order valence-corrected chi connectivity index (χ0v) is 13.2. The van der Waals surface area contributed by atoms with E-state index >= 15 is 0 Å². The smallest absolute Gasteiger partial charge is 0.221 e. The van der Waals surface area contributed by atoms with Gasteiger partial charge in [0, 0.05) is 25.6 Å². The van der Waals surface area contributed by atoms with Gasteiger partial charge in [-0.2, -0.15) is 0 Å².